The van der Waals surface area contributed by atoms with Gasteiger partial charge < -0.3 is 5.32 Å². The van der Waals surface area contributed by atoms with Crippen molar-refractivity contribution < 1.29 is 14.4 Å². The molecule has 0 aliphatic carbocycles. The Morgan fingerprint density at radius 3 is 2.31 bits per heavy atom. The van der Waals surface area contributed by atoms with Crippen LogP contribution in [-0.2, 0) is 17.8 Å². The Morgan fingerprint density at radius 1 is 1.00 bits per heavy atom. The average molecular weight is 411 g/mol. The highest BCUT2D eigenvalue weighted by atomic mass is 35.5. The fraction of sp³-hybridized carbons (Fsp3) is 0.158. The number of hydrogen-bond donors (Lipinski definition) is 1. The maximum Gasteiger partial charge on any atom is 0.261 e. The minimum atomic E-state index is -0.333. The lowest BCUT2D eigenvalue weighted by atomic mass is 10.1. The molecule has 2 heterocycles. The first-order chi connectivity index (χ1) is 14.0. The third-order valence-corrected chi connectivity index (χ3v) is 4.60. The zero-order valence-corrected chi connectivity index (χ0v) is 15.8. The highest BCUT2D eigenvalue weighted by Gasteiger charge is 2.34. The molecular weight excluding hydrogens is 396 g/mol. The SMILES string of the molecule is O=C(Cn1nnc(CCN2C(=O)c3ccccc3C2=O)n1)Nc1ccc(Cl)cc1. The summed E-state index contributed by atoms with van der Waals surface area (Å²) < 4.78 is 0. The molecule has 0 saturated carbocycles. The van der Waals surface area contributed by atoms with Gasteiger partial charge in [0.05, 0.1) is 11.1 Å². The molecule has 1 aliphatic heterocycles. The fourth-order valence-electron chi connectivity index (χ4n) is 2.96. The number of amides is 3. The van der Waals surface area contributed by atoms with E-state index in [0.29, 0.717) is 27.7 Å². The van der Waals surface area contributed by atoms with E-state index in [9.17, 15) is 14.4 Å². The number of fused-ring (bicyclic) bond motifs is 1. The van der Waals surface area contributed by atoms with Crippen LogP contribution in [0.4, 0.5) is 5.69 Å². The fourth-order valence-corrected chi connectivity index (χ4v) is 3.09. The Kier molecular flexibility index (Phi) is 5.05. The summed E-state index contributed by atoms with van der Waals surface area (Å²) >= 11 is 5.81. The van der Waals surface area contributed by atoms with Crippen LogP contribution in [0.2, 0.25) is 5.02 Å². The van der Waals surface area contributed by atoms with Crippen LogP contribution >= 0.6 is 11.6 Å². The van der Waals surface area contributed by atoms with E-state index in [4.69, 9.17) is 11.6 Å². The standard InChI is InChI=1S/C19H15ClN6O3/c20-12-5-7-13(8-6-12)21-17(27)11-26-23-16(22-24-26)9-10-25-18(28)14-3-1-2-4-15(14)19(25)29/h1-8H,9-11H2,(H,21,27). The second kappa shape index (κ2) is 7.80. The summed E-state index contributed by atoms with van der Waals surface area (Å²) in [6.07, 6.45) is 0.240. The maximum atomic E-state index is 12.4. The number of benzene rings is 2. The topological polar surface area (TPSA) is 110 Å². The molecule has 29 heavy (non-hydrogen) atoms. The van der Waals surface area contributed by atoms with E-state index in [2.05, 4.69) is 20.7 Å². The van der Waals surface area contributed by atoms with Crippen LogP contribution in [0.25, 0.3) is 0 Å². The van der Waals surface area contributed by atoms with E-state index in [-0.39, 0.29) is 37.2 Å². The molecule has 0 fully saturated rings. The van der Waals surface area contributed by atoms with Crippen LogP contribution in [0.5, 0.6) is 0 Å². The Bertz CT molecular complexity index is 1060. The van der Waals surface area contributed by atoms with E-state index in [0.717, 1.165) is 4.80 Å². The van der Waals surface area contributed by atoms with Gasteiger partial charge in [0, 0.05) is 23.7 Å². The van der Waals surface area contributed by atoms with Crippen molar-refractivity contribution in [1.29, 1.82) is 0 Å². The quantitative estimate of drug-likeness (QED) is 0.620. The van der Waals surface area contributed by atoms with Crippen molar-refractivity contribution in [2.45, 2.75) is 13.0 Å². The zero-order valence-electron chi connectivity index (χ0n) is 15.1. The van der Waals surface area contributed by atoms with E-state index in [1.807, 2.05) is 0 Å². The summed E-state index contributed by atoms with van der Waals surface area (Å²) in [5.74, 6) is -0.655. The molecule has 9 nitrogen and oxygen atoms in total. The number of carbonyl (C=O) groups is 3. The number of aromatic nitrogens is 4. The van der Waals surface area contributed by atoms with Gasteiger partial charge in [-0.15, -0.1) is 10.2 Å². The number of hydrogen-bond acceptors (Lipinski definition) is 6. The Morgan fingerprint density at radius 2 is 1.66 bits per heavy atom. The van der Waals surface area contributed by atoms with Crippen LogP contribution in [0.3, 0.4) is 0 Å². The molecule has 0 spiro atoms. The Hall–Kier alpha value is -3.59. The summed E-state index contributed by atoms with van der Waals surface area (Å²) in [5.41, 5.74) is 1.39. The van der Waals surface area contributed by atoms with Gasteiger partial charge in [-0.1, -0.05) is 23.7 Å². The average Bonchev–Trinajstić information content (AvgIpc) is 3.25. The molecule has 1 aliphatic rings. The van der Waals surface area contributed by atoms with Crippen molar-refractivity contribution >= 4 is 35.0 Å². The molecule has 146 valence electrons. The van der Waals surface area contributed by atoms with Crippen LogP contribution in [0.1, 0.15) is 26.5 Å². The number of nitrogens with zero attached hydrogens (tertiary/aromatic N) is 5. The molecule has 0 atom stereocenters. The van der Waals surface area contributed by atoms with Gasteiger partial charge in [-0.25, -0.2) is 0 Å². The van der Waals surface area contributed by atoms with Gasteiger partial charge in [-0.05, 0) is 41.6 Å². The number of carbonyl (C=O) groups excluding carboxylic acids is 3. The smallest absolute Gasteiger partial charge is 0.261 e. The number of nitrogens with one attached hydrogen (secondary N) is 1. The van der Waals surface area contributed by atoms with E-state index in [1.165, 1.54) is 4.90 Å². The maximum absolute atomic E-state index is 12.4. The van der Waals surface area contributed by atoms with E-state index < -0.39 is 0 Å². The number of imide groups is 1. The molecule has 1 N–H and O–H groups in total. The van der Waals surface area contributed by atoms with Crippen LogP contribution in [0.15, 0.2) is 48.5 Å². The predicted octanol–water partition coefficient (Wildman–Crippen LogP) is 1.80. The minimum Gasteiger partial charge on any atom is -0.324 e. The molecule has 3 aromatic rings. The second-order valence-corrected chi connectivity index (χ2v) is 6.79. The molecule has 10 heteroatoms. The monoisotopic (exact) mass is 410 g/mol. The van der Waals surface area contributed by atoms with Gasteiger partial charge in [0.1, 0.15) is 6.54 Å². The van der Waals surface area contributed by atoms with Gasteiger partial charge in [0.25, 0.3) is 11.8 Å². The molecule has 1 aromatic heterocycles. The van der Waals surface area contributed by atoms with Crippen molar-refractivity contribution in [2.24, 2.45) is 0 Å². The van der Waals surface area contributed by atoms with Gasteiger partial charge in [-0.2, -0.15) is 4.80 Å². The highest BCUT2D eigenvalue weighted by molar-refractivity contribution is 6.30. The number of anilines is 1. The lowest BCUT2D eigenvalue weighted by molar-refractivity contribution is -0.117. The minimum absolute atomic E-state index is 0.122. The number of rotatable bonds is 6. The molecule has 3 amide bonds. The second-order valence-electron chi connectivity index (χ2n) is 6.35. The number of halogens is 1. The first kappa shape index (κ1) is 18.8. The third-order valence-electron chi connectivity index (χ3n) is 4.34. The van der Waals surface area contributed by atoms with Crippen molar-refractivity contribution in [3.63, 3.8) is 0 Å². The molecule has 0 saturated heterocycles. The predicted molar refractivity (Wildman–Crippen MR) is 103 cm³/mol. The van der Waals surface area contributed by atoms with E-state index >= 15 is 0 Å². The summed E-state index contributed by atoms with van der Waals surface area (Å²) in [5, 5.41) is 15.1. The lowest BCUT2D eigenvalue weighted by Crippen LogP contribution is -2.32. The summed E-state index contributed by atoms with van der Waals surface area (Å²) in [4.78, 5) is 39.1. The van der Waals surface area contributed by atoms with Crippen molar-refractivity contribution in [1.82, 2.24) is 25.1 Å². The third kappa shape index (κ3) is 3.99. The van der Waals surface area contributed by atoms with Crippen LogP contribution < -0.4 is 5.32 Å². The summed E-state index contributed by atoms with van der Waals surface area (Å²) in [6.45, 7) is 0.0116. The normalized spacial score (nSPS) is 12.9. The van der Waals surface area contributed by atoms with Gasteiger partial charge >= 0.3 is 0 Å². The first-order valence-electron chi connectivity index (χ1n) is 8.78. The zero-order chi connectivity index (χ0) is 20.4. The lowest BCUT2D eigenvalue weighted by Gasteiger charge is -2.11. The molecular formula is C19H15ClN6O3. The largest absolute Gasteiger partial charge is 0.324 e. The Labute approximate surface area is 170 Å². The van der Waals surface area contributed by atoms with Crippen LogP contribution in [0, 0.1) is 0 Å². The van der Waals surface area contributed by atoms with E-state index in [1.54, 1.807) is 48.5 Å². The first-order valence-corrected chi connectivity index (χ1v) is 9.16. The molecule has 0 radical (unpaired) electrons. The van der Waals surface area contributed by atoms with Gasteiger partial charge in [-0.3, -0.25) is 19.3 Å². The Balaban J connectivity index is 1.33. The van der Waals surface area contributed by atoms with Gasteiger partial charge in [0.15, 0.2) is 5.82 Å². The van der Waals surface area contributed by atoms with Crippen LogP contribution in [-0.4, -0.2) is 49.4 Å². The van der Waals surface area contributed by atoms with Crippen molar-refractivity contribution in [2.75, 3.05) is 11.9 Å². The summed E-state index contributed by atoms with van der Waals surface area (Å²) in [7, 11) is 0. The van der Waals surface area contributed by atoms with Gasteiger partial charge in [0.2, 0.25) is 5.91 Å². The highest BCUT2D eigenvalue weighted by Crippen LogP contribution is 2.22. The molecule has 0 unspecified atom stereocenters. The van der Waals surface area contributed by atoms with Crippen molar-refractivity contribution in [3.8, 4) is 0 Å². The molecule has 2 aromatic carbocycles. The number of tetrazole rings is 1. The summed E-state index contributed by atoms with van der Waals surface area (Å²) in [6, 6.07) is 13.4. The molecule has 0 bridgehead atoms. The molecule has 4 rings (SSSR count). The van der Waals surface area contributed by atoms with Crippen molar-refractivity contribution in [3.05, 3.63) is 70.5 Å².